The van der Waals surface area contributed by atoms with E-state index in [1.165, 1.54) is 0 Å². The predicted molar refractivity (Wildman–Crippen MR) is 92.3 cm³/mol. The van der Waals surface area contributed by atoms with Crippen molar-refractivity contribution in [1.29, 1.82) is 0 Å². The largest absolute Gasteiger partial charge is 0.353 e. The fourth-order valence-corrected chi connectivity index (χ4v) is 2.73. The first-order valence-corrected chi connectivity index (χ1v) is 8.45. The molecular formula is C16H32ClN3O2. The van der Waals surface area contributed by atoms with Gasteiger partial charge in [-0.2, -0.15) is 0 Å². The highest BCUT2D eigenvalue weighted by molar-refractivity contribution is 5.85. The summed E-state index contributed by atoms with van der Waals surface area (Å²) in [6.45, 7) is 7.78. The van der Waals surface area contributed by atoms with Crippen LogP contribution < -0.4 is 10.6 Å². The third kappa shape index (κ3) is 8.59. The van der Waals surface area contributed by atoms with Crippen LogP contribution in [-0.2, 0) is 9.59 Å². The second-order valence-corrected chi connectivity index (χ2v) is 5.83. The molecule has 0 aromatic carbocycles. The van der Waals surface area contributed by atoms with E-state index < -0.39 is 0 Å². The van der Waals surface area contributed by atoms with E-state index in [0.717, 1.165) is 51.9 Å². The zero-order valence-electron chi connectivity index (χ0n) is 14.0. The Morgan fingerprint density at radius 3 is 2.23 bits per heavy atom. The lowest BCUT2D eigenvalue weighted by Gasteiger charge is -2.24. The quantitative estimate of drug-likeness (QED) is 0.679. The van der Waals surface area contributed by atoms with Crippen molar-refractivity contribution >= 4 is 24.2 Å². The van der Waals surface area contributed by atoms with Crippen molar-refractivity contribution in [2.75, 3.05) is 26.2 Å². The fraction of sp³-hybridized carbons (Fsp3) is 0.875. The molecule has 1 rings (SSSR count). The summed E-state index contributed by atoms with van der Waals surface area (Å²) in [7, 11) is 0. The number of carbonyl (C=O) groups is 2. The summed E-state index contributed by atoms with van der Waals surface area (Å²) >= 11 is 0. The molecule has 0 saturated carbocycles. The van der Waals surface area contributed by atoms with Crippen molar-refractivity contribution in [1.82, 2.24) is 15.5 Å². The van der Waals surface area contributed by atoms with Gasteiger partial charge in [0.15, 0.2) is 0 Å². The number of nitrogens with one attached hydrogen (secondary N) is 2. The number of hydrogen-bond donors (Lipinski definition) is 2. The van der Waals surface area contributed by atoms with Crippen LogP contribution in [0.5, 0.6) is 0 Å². The molecule has 2 amide bonds. The Hall–Kier alpha value is -0.810. The van der Waals surface area contributed by atoms with Gasteiger partial charge in [-0.1, -0.05) is 13.8 Å². The number of piperidine rings is 1. The van der Waals surface area contributed by atoms with Gasteiger partial charge < -0.3 is 15.5 Å². The first-order chi connectivity index (χ1) is 10.2. The van der Waals surface area contributed by atoms with Crippen LogP contribution >= 0.6 is 12.4 Å². The number of halogens is 1. The van der Waals surface area contributed by atoms with E-state index >= 15 is 0 Å². The number of nitrogens with zero attached hydrogens (tertiary/aromatic N) is 1. The lowest BCUT2D eigenvalue weighted by Crippen LogP contribution is -2.42. The number of rotatable bonds is 9. The molecular weight excluding hydrogens is 302 g/mol. The van der Waals surface area contributed by atoms with Gasteiger partial charge in [0.1, 0.15) is 0 Å². The van der Waals surface area contributed by atoms with Crippen LogP contribution in [0, 0.1) is 0 Å². The molecule has 2 N–H and O–H groups in total. The summed E-state index contributed by atoms with van der Waals surface area (Å²) in [5.74, 6) is 0.278. The van der Waals surface area contributed by atoms with E-state index in [-0.39, 0.29) is 24.2 Å². The van der Waals surface area contributed by atoms with Gasteiger partial charge in [0.2, 0.25) is 11.8 Å². The summed E-state index contributed by atoms with van der Waals surface area (Å²) in [6, 6.07) is 0.311. The van der Waals surface area contributed by atoms with E-state index in [4.69, 9.17) is 0 Å². The normalized spacial score (nSPS) is 15.0. The minimum atomic E-state index is 0. The van der Waals surface area contributed by atoms with Gasteiger partial charge >= 0.3 is 0 Å². The van der Waals surface area contributed by atoms with E-state index in [1.54, 1.807) is 0 Å². The summed E-state index contributed by atoms with van der Waals surface area (Å²) < 4.78 is 0. The molecule has 0 bridgehead atoms. The summed E-state index contributed by atoms with van der Waals surface area (Å²) in [6.07, 6.45) is 5.59. The lowest BCUT2D eigenvalue weighted by molar-refractivity contribution is -0.131. The Bertz CT molecular complexity index is 315. The Kier molecular flexibility index (Phi) is 12.2. The molecule has 1 aliphatic rings. The van der Waals surface area contributed by atoms with E-state index in [1.807, 2.05) is 4.90 Å². The van der Waals surface area contributed by atoms with Crippen molar-refractivity contribution in [3.05, 3.63) is 0 Å². The van der Waals surface area contributed by atoms with Crippen molar-refractivity contribution in [2.45, 2.75) is 64.8 Å². The van der Waals surface area contributed by atoms with Crippen LogP contribution in [0.15, 0.2) is 0 Å². The molecule has 130 valence electrons. The van der Waals surface area contributed by atoms with Crippen LogP contribution in [0.2, 0.25) is 0 Å². The van der Waals surface area contributed by atoms with Crippen LogP contribution in [0.4, 0.5) is 0 Å². The maximum Gasteiger partial charge on any atom is 0.222 e. The molecule has 1 saturated heterocycles. The van der Waals surface area contributed by atoms with E-state index in [2.05, 4.69) is 24.5 Å². The molecule has 0 spiro atoms. The summed E-state index contributed by atoms with van der Waals surface area (Å²) in [5.41, 5.74) is 0. The van der Waals surface area contributed by atoms with Gasteiger partial charge in [-0.15, -0.1) is 12.4 Å². The zero-order chi connectivity index (χ0) is 15.5. The van der Waals surface area contributed by atoms with Crippen LogP contribution in [0.25, 0.3) is 0 Å². The molecule has 1 fully saturated rings. The molecule has 1 heterocycles. The molecule has 22 heavy (non-hydrogen) atoms. The Morgan fingerprint density at radius 2 is 1.68 bits per heavy atom. The average Bonchev–Trinajstić information content (AvgIpc) is 2.48. The Morgan fingerprint density at radius 1 is 1.09 bits per heavy atom. The lowest BCUT2D eigenvalue weighted by atomic mass is 10.1. The topological polar surface area (TPSA) is 61.4 Å². The molecule has 1 aliphatic heterocycles. The Balaban J connectivity index is 0.00000441. The molecule has 0 aliphatic carbocycles. The molecule has 0 atom stereocenters. The minimum Gasteiger partial charge on any atom is -0.353 e. The smallest absolute Gasteiger partial charge is 0.222 e. The standard InChI is InChI=1S/C16H31N3O2.ClH/c1-3-12-19(13-4-2)16(21)7-5-6-15(20)18-14-8-10-17-11-9-14;/h14,17H,3-13H2,1-2H3,(H,18,20);1H. The van der Waals surface area contributed by atoms with E-state index in [9.17, 15) is 9.59 Å². The maximum absolute atomic E-state index is 12.1. The number of hydrogen-bond acceptors (Lipinski definition) is 3. The van der Waals surface area contributed by atoms with Gasteiger partial charge in [-0.05, 0) is 45.2 Å². The third-order valence-corrected chi connectivity index (χ3v) is 3.84. The maximum atomic E-state index is 12.1. The predicted octanol–water partition coefficient (Wildman–Crippen LogP) is 2.10. The van der Waals surface area contributed by atoms with E-state index in [0.29, 0.717) is 25.3 Å². The first kappa shape index (κ1) is 21.2. The summed E-state index contributed by atoms with van der Waals surface area (Å²) in [4.78, 5) is 25.9. The average molecular weight is 334 g/mol. The molecule has 5 nitrogen and oxygen atoms in total. The number of amides is 2. The molecule has 0 unspecified atom stereocenters. The van der Waals surface area contributed by atoms with Gasteiger partial charge in [-0.3, -0.25) is 9.59 Å². The Labute approximate surface area is 141 Å². The van der Waals surface area contributed by atoms with Gasteiger partial charge in [0.05, 0.1) is 0 Å². The third-order valence-electron chi connectivity index (χ3n) is 3.84. The minimum absolute atomic E-state index is 0. The molecule has 0 aromatic rings. The monoisotopic (exact) mass is 333 g/mol. The highest BCUT2D eigenvalue weighted by Crippen LogP contribution is 2.06. The van der Waals surface area contributed by atoms with Crippen molar-refractivity contribution in [3.63, 3.8) is 0 Å². The molecule has 6 heteroatoms. The van der Waals surface area contributed by atoms with Crippen LogP contribution in [0.3, 0.4) is 0 Å². The van der Waals surface area contributed by atoms with Gasteiger partial charge in [-0.25, -0.2) is 0 Å². The zero-order valence-corrected chi connectivity index (χ0v) is 14.8. The highest BCUT2D eigenvalue weighted by atomic mass is 35.5. The van der Waals surface area contributed by atoms with Crippen molar-refractivity contribution in [2.24, 2.45) is 0 Å². The summed E-state index contributed by atoms with van der Waals surface area (Å²) in [5, 5.41) is 6.35. The van der Waals surface area contributed by atoms with Crippen LogP contribution in [-0.4, -0.2) is 48.9 Å². The van der Waals surface area contributed by atoms with Gasteiger partial charge in [0, 0.05) is 32.0 Å². The fourth-order valence-electron chi connectivity index (χ4n) is 2.73. The first-order valence-electron chi connectivity index (χ1n) is 8.45. The number of carbonyl (C=O) groups excluding carboxylic acids is 2. The van der Waals surface area contributed by atoms with Crippen LogP contribution in [0.1, 0.15) is 58.8 Å². The second-order valence-electron chi connectivity index (χ2n) is 5.83. The SMILES string of the molecule is CCCN(CCC)C(=O)CCCC(=O)NC1CCNCC1.Cl. The second kappa shape index (κ2) is 12.7. The molecule has 0 radical (unpaired) electrons. The van der Waals surface area contributed by atoms with Gasteiger partial charge in [0.25, 0.3) is 0 Å². The van der Waals surface area contributed by atoms with Crippen molar-refractivity contribution < 1.29 is 9.59 Å². The highest BCUT2D eigenvalue weighted by Gasteiger charge is 2.16. The molecule has 0 aromatic heterocycles. The van der Waals surface area contributed by atoms with Crippen molar-refractivity contribution in [3.8, 4) is 0 Å².